The number of nitrogens with zero attached hydrogens (tertiary/aromatic N) is 4. The van der Waals surface area contributed by atoms with Gasteiger partial charge in [0.2, 0.25) is 0 Å². The Morgan fingerprint density at radius 1 is 0.413 bits per heavy atom. The summed E-state index contributed by atoms with van der Waals surface area (Å²) in [6, 6.07) is 79.6. The molecular formula is C70H67N4Pt-3. The molecule has 0 amide bonds. The molecule has 4 nitrogen and oxygen atoms in total. The van der Waals surface area contributed by atoms with E-state index in [1.165, 1.54) is 33.2 Å². The first-order chi connectivity index (χ1) is 35.3. The van der Waals surface area contributed by atoms with Gasteiger partial charge in [0.15, 0.2) is 0 Å². The molecule has 0 saturated heterocycles. The van der Waals surface area contributed by atoms with Crippen LogP contribution in [0, 0.1) is 18.8 Å². The van der Waals surface area contributed by atoms with Crippen molar-refractivity contribution in [2.75, 3.05) is 9.80 Å². The van der Waals surface area contributed by atoms with Gasteiger partial charge in [-0.15, -0.1) is 28.9 Å². The van der Waals surface area contributed by atoms with Crippen molar-refractivity contribution in [1.29, 1.82) is 0 Å². The molecule has 0 atom stereocenters. The number of fused-ring (bicyclic) bond motifs is 4. The number of hydrogen-bond acceptors (Lipinski definition) is 3. The Kier molecular flexibility index (Phi) is 13.2. The fourth-order valence-electron chi connectivity index (χ4n) is 11.1. The first-order valence-electron chi connectivity index (χ1n) is 26.2. The van der Waals surface area contributed by atoms with Gasteiger partial charge >= 0.3 is 0 Å². The zero-order valence-electron chi connectivity index (χ0n) is 45.2. The maximum absolute atomic E-state index is 5.19. The molecule has 5 heteroatoms. The van der Waals surface area contributed by atoms with Crippen LogP contribution in [0.1, 0.15) is 126 Å². The molecule has 0 spiro atoms. The summed E-state index contributed by atoms with van der Waals surface area (Å²) in [4.78, 5) is 9.86. The van der Waals surface area contributed by atoms with Crippen molar-refractivity contribution < 1.29 is 21.1 Å². The number of rotatable bonds is 9. The van der Waals surface area contributed by atoms with Crippen molar-refractivity contribution in [3.8, 4) is 5.82 Å². The number of aromatic nitrogens is 2. The van der Waals surface area contributed by atoms with E-state index in [9.17, 15) is 0 Å². The van der Waals surface area contributed by atoms with Crippen molar-refractivity contribution >= 4 is 44.6 Å². The zero-order valence-corrected chi connectivity index (χ0v) is 47.5. The van der Waals surface area contributed by atoms with Gasteiger partial charge in [0.1, 0.15) is 5.82 Å². The summed E-state index contributed by atoms with van der Waals surface area (Å²) in [5, 5.41) is 2.31. The van der Waals surface area contributed by atoms with Crippen molar-refractivity contribution in [2.45, 2.75) is 103 Å². The molecule has 0 unspecified atom stereocenters. The molecule has 0 bridgehead atoms. The normalized spacial score (nSPS) is 13.3. The minimum Gasteiger partial charge on any atom is -0.493 e. The molecule has 380 valence electrons. The molecule has 0 radical (unpaired) electrons. The molecule has 3 heterocycles. The van der Waals surface area contributed by atoms with Gasteiger partial charge in [-0.3, -0.25) is 0 Å². The SMILES string of the molecule is CC(C)(C)c1cc(N2[CH-]N(c3[c-]c(C(c4[c-]c5c(cc4)c4cc(C(C)(C)C)ccc4n5-c4cc(C(C)(C)c5ccccc5)ccn4)(c4ccccc4)c4ccccc4)ccc3)c3ccccc32)cc(C(C)(C)C)c1.[Pt]. The van der Waals surface area contributed by atoms with Crippen LogP contribution in [0.25, 0.3) is 27.6 Å². The van der Waals surface area contributed by atoms with Crippen LogP contribution >= 0.6 is 0 Å². The van der Waals surface area contributed by atoms with E-state index in [2.05, 4.69) is 303 Å². The summed E-state index contributed by atoms with van der Waals surface area (Å²) < 4.78 is 2.34. The number of benzene rings is 8. The molecule has 0 N–H and O–H groups in total. The van der Waals surface area contributed by atoms with Crippen molar-refractivity contribution in [3.63, 3.8) is 0 Å². The third-order valence-electron chi connectivity index (χ3n) is 15.6. The van der Waals surface area contributed by atoms with Crippen LogP contribution in [0.3, 0.4) is 0 Å². The first kappa shape index (κ1) is 51.5. The second-order valence-corrected chi connectivity index (χ2v) is 23.9. The Morgan fingerprint density at radius 2 is 0.960 bits per heavy atom. The Hall–Kier alpha value is -7.00. The van der Waals surface area contributed by atoms with Crippen LogP contribution in [-0.4, -0.2) is 9.55 Å². The van der Waals surface area contributed by atoms with E-state index >= 15 is 0 Å². The average molecular weight is 1160 g/mol. The van der Waals surface area contributed by atoms with Gasteiger partial charge in [0, 0.05) is 60.7 Å². The van der Waals surface area contributed by atoms with Crippen molar-refractivity contribution in [1.82, 2.24) is 9.55 Å². The van der Waals surface area contributed by atoms with Crippen molar-refractivity contribution in [3.05, 3.63) is 269 Å². The summed E-state index contributed by atoms with van der Waals surface area (Å²) in [5.74, 6) is 0.859. The monoisotopic (exact) mass is 1160 g/mol. The van der Waals surface area contributed by atoms with Crippen LogP contribution in [0.2, 0.25) is 0 Å². The molecule has 11 rings (SSSR count). The van der Waals surface area contributed by atoms with Crippen LogP contribution in [0.5, 0.6) is 0 Å². The van der Waals surface area contributed by atoms with E-state index in [4.69, 9.17) is 4.98 Å². The van der Waals surface area contributed by atoms with E-state index in [1.54, 1.807) is 0 Å². The molecule has 0 saturated carbocycles. The summed E-state index contributed by atoms with van der Waals surface area (Å²) >= 11 is 0. The minimum absolute atomic E-state index is 0. The maximum Gasteiger partial charge on any atom is 0.135 e. The summed E-state index contributed by atoms with van der Waals surface area (Å²) in [5.41, 5.74) is 15.8. The molecule has 0 fully saturated rings. The molecular weight excluding hydrogens is 1090 g/mol. The molecule has 10 aromatic rings. The van der Waals surface area contributed by atoms with E-state index in [0.717, 1.165) is 67.2 Å². The van der Waals surface area contributed by atoms with Gasteiger partial charge in [0.25, 0.3) is 0 Å². The van der Waals surface area contributed by atoms with Gasteiger partial charge in [-0.25, -0.2) is 4.98 Å². The fourth-order valence-corrected chi connectivity index (χ4v) is 11.1. The van der Waals surface area contributed by atoms with Crippen LogP contribution in [-0.2, 0) is 48.1 Å². The van der Waals surface area contributed by atoms with E-state index in [0.29, 0.717) is 0 Å². The second-order valence-electron chi connectivity index (χ2n) is 23.9. The van der Waals surface area contributed by atoms with Gasteiger partial charge in [0.05, 0.1) is 0 Å². The Balaban J connectivity index is 0.00000641. The third kappa shape index (κ3) is 9.14. The maximum atomic E-state index is 5.19. The third-order valence-corrected chi connectivity index (χ3v) is 15.6. The first-order valence-corrected chi connectivity index (χ1v) is 26.2. The largest absolute Gasteiger partial charge is 0.493 e. The Morgan fingerprint density at radius 3 is 1.55 bits per heavy atom. The molecule has 1 aliphatic heterocycles. The zero-order chi connectivity index (χ0) is 51.8. The minimum atomic E-state index is -0.850. The van der Waals surface area contributed by atoms with E-state index in [1.807, 2.05) is 6.20 Å². The number of para-hydroxylation sites is 2. The fraction of sp³-hybridized carbons (Fsp3) is 0.229. The van der Waals surface area contributed by atoms with Gasteiger partial charge in [-0.2, -0.15) is 42.5 Å². The molecule has 75 heavy (non-hydrogen) atoms. The summed E-state index contributed by atoms with van der Waals surface area (Å²) in [6.07, 6.45) is 1.97. The molecule has 8 aromatic carbocycles. The number of hydrogen-bond donors (Lipinski definition) is 0. The van der Waals surface area contributed by atoms with E-state index in [-0.39, 0.29) is 42.7 Å². The van der Waals surface area contributed by atoms with Crippen LogP contribution in [0.15, 0.2) is 200 Å². The second kappa shape index (κ2) is 19.3. The van der Waals surface area contributed by atoms with Crippen molar-refractivity contribution in [2.24, 2.45) is 0 Å². The smallest absolute Gasteiger partial charge is 0.135 e. The Labute approximate surface area is 460 Å². The van der Waals surface area contributed by atoms with Crippen LogP contribution in [0.4, 0.5) is 22.7 Å². The number of anilines is 4. The van der Waals surface area contributed by atoms with Crippen LogP contribution < -0.4 is 9.80 Å². The predicted molar refractivity (Wildman–Crippen MR) is 311 cm³/mol. The van der Waals surface area contributed by atoms with E-state index < -0.39 is 5.41 Å². The molecule has 1 aliphatic rings. The summed E-state index contributed by atoms with van der Waals surface area (Å²) in [6.45, 7) is 27.5. The number of pyridine rings is 1. The molecule has 0 aliphatic carbocycles. The summed E-state index contributed by atoms with van der Waals surface area (Å²) in [7, 11) is 0. The standard InChI is InChI=1S/C70H67N4.Pt/c1-66(2,3)51-35-37-61-60(44-51)59-36-34-54(45-64(59)74(61)65-46-52(38-39-71-65)69(10,11)48-24-15-12-16-25-48)70(49-26-17-13-18-27-49,50-28-19-14-20-29-50)53-30-23-31-57(41-53)72-47-73(63-33-22-21-32-62(63)72)58-42-55(67(4,5)6)40-56(43-58)68(7,8)9;/h12-40,42-44,46-47H,1-11H3;/q-3;. The predicted octanol–water partition coefficient (Wildman–Crippen LogP) is 17.8. The average Bonchev–Trinajstić information content (AvgIpc) is 3.95. The van der Waals surface area contributed by atoms with Gasteiger partial charge < -0.3 is 14.4 Å². The quantitative estimate of drug-likeness (QED) is 0.106. The Bertz CT molecular complexity index is 3610. The van der Waals surface area contributed by atoms with Gasteiger partial charge in [-0.05, 0) is 103 Å². The topological polar surface area (TPSA) is 24.3 Å². The van der Waals surface area contributed by atoms with Gasteiger partial charge in [-0.1, -0.05) is 203 Å². The molecule has 2 aromatic heterocycles.